The van der Waals surface area contributed by atoms with Crippen LogP contribution in [0.4, 0.5) is 5.69 Å². The van der Waals surface area contributed by atoms with Crippen LogP contribution in [0.3, 0.4) is 0 Å². The summed E-state index contributed by atoms with van der Waals surface area (Å²) in [6.07, 6.45) is 0.575. The summed E-state index contributed by atoms with van der Waals surface area (Å²) in [6, 6.07) is 7.33. The van der Waals surface area contributed by atoms with Crippen LogP contribution in [0.1, 0.15) is 20.3 Å². The third-order valence-electron chi connectivity index (χ3n) is 3.00. The van der Waals surface area contributed by atoms with Gasteiger partial charge in [0, 0.05) is 6.61 Å². The van der Waals surface area contributed by atoms with Crippen LogP contribution in [-0.2, 0) is 9.53 Å². The molecule has 1 unspecified atom stereocenters. The maximum absolute atomic E-state index is 12.2. The van der Waals surface area contributed by atoms with Crippen molar-refractivity contribution in [1.82, 2.24) is 0 Å². The summed E-state index contributed by atoms with van der Waals surface area (Å²) in [4.78, 5) is 12.2. The largest absolute Gasteiger partial charge is 0.489 e. The van der Waals surface area contributed by atoms with Gasteiger partial charge in [0.2, 0.25) is 5.91 Å². The maximum atomic E-state index is 12.2. The van der Waals surface area contributed by atoms with Gasteiger partial charge >= 0.3 is 0 Å². The Bertz CT molecular complexity index is 454. The lowest BCUT2D eigenvalue weighted by molar-refractivity contribution is -0.121. The second kappa shape index (κ2) is 5.59. The van der Waals surface area contributed by atoms with Gasteiger partial charge < -0.3 is 20.5 Å². The molecule has 1 aliphatic rings. The van der Waals surface area contributed by atoms with Crippen molar-refractivity contribution in [3.63, 3.8) is 0 Å². The molecule has 0 spiro atoms. The van der Waals surface area contributed by atoms with Crippen LogP contribution in [0.5, 0.6) is 5.75 Å². The third-order valence-corrected chi connectivity index (χ3v) is 3.00. The van der Waals surface area contributed by atoms with Crippen LogP contribution >= 0.6 is 0 Å². The molecule has 1 atom stereocenters. The second-order valence-electron chi connectivity index (χ2n) is 5.08. The number of nitrogens with two attached hydrogens (primary N) is 1. The fourth-order valence-corrected chi connectivity index (χ4v) is 1.93. The molecule has 5 nitrogen and oxygen atoms in total. The maximum Gasteiger partial charge on any atom is 0.247 e. The minimum atomic E-state index is -0.940. The second-order valence-corrected chi connectivity index (χ2v) is 5.08. The van der Waals surface area contributed by atoms with E-state index in [4.69, 9.17) is 15.2 Å². The van der Waals surface area contributed by atoms with Crippen molar-refractivity contribution in [2.24, 2.45) is 5.73 Å². The van der Waals surface area contributed by atoms with Crippen molar-refractivity contribution >= 4 is 11.6 Å². The van der Waals surface area contributed by atoms with E-state index in [9.17, 15) is 4.79 Å². The molecule has 0 bridgehead atoms. The molecule has 104 valence electrons. The number of rotatable bonds is 4. The lowest BCUT2D eigenvalue weighted by Crippen LogP contribution is -2.51. The van der Waals surface area contributed by atoms with Crippen molar-refractivity contribution in [1.29, 1.82) is 0 Å². The van der Waals surface area contributed by atoms with Crippen LogP contribution in [0.15, 0.2) is 24.3 Å². The molecule has 0 aliphatic carbocycles. The fourth-order valence-electron chi connectivity index (χ4n) is 1.93. The molecule has 1 amide bonds. The van der Waals surface area contributed by atoms with Crippen molar-refractivity contribution in [2.75, 3.05) is 18.5 Å². The monoisotopic (exact) mass is 264 g/mol. The highest BCUT2D eigenvalue weighted by molar-refractivity contribution is 5.99. The summed E-state index contributed by atoms with van der Waals surface area (Å²) in [5, 5.41) is 2.83. The molecule has 1 fully saturated rings. The zero-order chi connectivity index (χ0) is 13.9. The quantitative estimate of drug-likeness (QED) is 0.865. The standard InChI is InChI=1S/C14H20N2O3/c1-10(2)19-12-6-4-3-5-11(12)16-13(17)14(15)7-8-18-9-14/h3-6,10H,7-9,15H2,1-2H3,(H,16,17). The Hall–Kier alpha value is -1.59. The van der Waals surface area contributed by atoms with E-state index in [-0.39, 0.29) is 18.6 Å². The van der Waals surface area contributed by atoms with Crippen molar-refractivity contribution < 1.29 is 14.3 Å². The molecule has 19 heavy (non-hydrogen) atoms. The molecular formula is C14H20N2O3. The molecular weight excluding hydrogens is 244 g/mol. The van der Waals surface area contributed by atoms with Crippen LogP contribution in [-0.4, -0.2) is 30.8 Å². The van der Waals surface area contributed by atoms with Gasteiger partial charge in [-0.1, -0.05) is 12.1 Å². The average Bonchev–Trinajstić information content (AvgIpc) is 2.79. The first-order valence-electron chi connectivity index (χ1n) is 6.45. The van der Waals surface area contributed by atoms with Gasteiger partial charge in [0.1, 0.15) is 11.3 Å². The first kappa shape index (κ1) is 13.8. The normalized spacial score (nSPS) is 22.5. The van der Waals surface area contributed by atoms with Gasteiger partial charge in [-0.2, -0.15) is 0 Å². The Morgan fingerprint density at radius 3 is 2.84 bits per heavy atom. The van der Waals surface area contributed by atoms with Crippen molar-refractivity contribution in [3.05, 3.63) is 24.3 Å². The summed E-state index contributed by atoms with van der Waals surface area (Å²) < 4.78 is 10.9. The molecule has 0 aromatic heterocycles. The Morgan fingerprint density at radius 1 is 1.47 bits per heavy atom. The number of para-hydroxylation sites is 2. The first-order chi connectivity index (χ1) is 9.01. The topological polar surface area (TPSA) is 73.6 Å². The highest BCUT2D eigenvalue weighted by Crippen LogP contribution is 2.26. The number of carbonyl (C=O) groups is 1. The molecule has 1 aromatic carbocycles. The van der Waals surface area contributed by atoms with E-state index in [1.165, 1.54) is 0 Å². The minimum Gasteiger partial charge on any atom is -0.489 e. The number of nitrogens with one attached hydrogen (secondary N) is 1. The van der Waals surface area contributed by atoms with E-state index in [1.54, 1.807) is 6.07 Å². The van der Waals surface area contributed by atoms with E-state index < -0.39 is 5.54 Å². The smallest absolute Gasteiger partial charge is 0.247 e. The van der Waals surface area contributed by atoms with Crippen molar-refractivity contribution in [3.8, 4) is 5.75 Å². The van der Waals surface area contributed by atoms with E-state index >= 15 is 0 Å². The van der Waals surface area contributed by atoms with E-state index in [1.807, 2.05) is 32.0 Å². The number of ether oxygens (including phenoxy) is 2. The average molecular weight is 264 g/mol. The number of benzene rings is 1. The van der Waals surface area contributed by atoms with Crippen LogP contribution in [0.2, 0.25) is 0 Å². The number of hydrogen-bond acceptors (Lipinski definition) is 4. The van der Waals surface area contributed by atoms with Gasteiger partial charge in [0.15, 0.2) is 0 Å². The summed E-state index contributed by atoms with van der Waals surface area (Å²) in [7, 11) is 0. The summed E-state index contributed by atoms with van der Waals surface area (Å²) >= 11 is 0. The first-order valence-corrected chi connectivity index (χ1v) is 6.45. The van der Waals surface area contributed by atoms with Crippen LogP contribution in [0, 0.1) is 0 Å². The van der Waals surface area contributed by atoms with Gasteiger partial charge in [-0.05, 0) is 32.4 Å². The molecule has 0 saturated carbocycles. The van der Waals surface area contributed by atoms with E-state index in [0.717, 1.165) is 0 Å². The SMILES string of the molecule is CC(C)Oc1ccccc1NC(=O)C1(N)CCOC1. The lowest BCUT2D eigenvalue weighted by atomic mass is 9.99. The predicted octanol–water partition coefficient (Wildman–Crippen LogP) is 1.53. The molecule has 2 rings (SSSR count). The van der Waals surface area contributed by atoms with E-state index in [0.29, 0.717) is 24.5 Å². The van der Waals surface area contributed by atoms with Gasteiger partial charge in [-0.3, -0.25) is 4.79 Å². The van der Waals surface area contributed by atoms with Crippen LogP contribution < -0.4 is 15.8 Å². The number of carbonyl (C=O) groups excluding carboxylic acids is 1. The Balaban J connectivity index is 2.12. The lowest BCUT2D eigenvalue weighted by Gasteiger charge is -2.22. The molecule has 1 saturated heterocycles. The number of amides is 1. The minimum absolute atomic E-state index is 0.0414. The molecule has 1 aliphatic heterocycles. The van der Waals surface area contributed by atoms with Gasteiger partial charge in [0.25, 0.3) is 0 Å². The zero-order valence-corrected chi connectivity index (χ0v) is 11.3. The molecule has 3 N–H and O–H groups in total. The van der Waals surface area contributed by atoms with Gasteiger partial charge in [0.05, 0.1) is 18.4 Å². The number of hydrogen-bond donors (Lipinski definition) is 2. The molecule has 1 heterocycles. The highest BCUT2D eigenvalue weighted by Gasteiger charge is 2.38. The Labute approximate surface area is 113 Å². The Morgan fingerprint density at radius 2 is 2.21 bits per heavy atom. The summed E-state index contributed by atoms with van der Waals surface area (Å²) in [6.45, 7) is 4.65. The highest BCUT2D eigenvalue weighted by atomic mass is 16.5. The third kappa shape index (κ3) is 3.24. The summed E-state index contributed by atoms with van der Waals surface area (Å²) in [5.41, 5.74) is 5.72. The summed E-state index contributed by atoms with van der Waals surface area (Å²) in [5.74, 6) is 0.415. The molecule has 0 radical (unpaired) electrons. The molecule has 5 heteroatoms. The van der Waals surface area contributed by atoms with E-state index in [2.05, 4.69) is 5.32 Å². The number of anilines is 1. The van der Waals surface area contributed by atoms with Crippen molar-refractivity contribution in [2.45, 2.75) is 31.9 Å². The molecule has 1 aromatic rings. The Kier molecular flexibility index (Phi) is 4.07. The van der Waals surface area contributed by atoms with Gasteiger partial charge in [-0.15, -0.1) is 0 Å². The fraction of sp³-hybridized carbons (Fsp3) is 0.500. The zero-order valence-electron chi connectivity index (χ0n) is 11.3. The van der Waals surface area contributed by atoms with Crippen LogP contribution in [0.25, 0.3) is 0 Å². The van der Waals surface area contributed by atoms with Gasteiger partial charge in [-0.25, -0.2) is 0 Å². The predicted molar refractivity (Wildman–Crippen MR) is 73.2 cm³/mol.